The van der Waals surface area contributed by atoms with E-state index in [1.165, 1.54) is 57.8 Å². The Bertz CT molecular complexity index is 643. The van der Waals surface area contributed by atoms with Crippen molar-refractivity contribution in [3.63, 3.8) is 0 Å². The van der Waals surface area contributed by atoms with Crippen LogP contribution in [0.2, 0.25) is 0 Å². The third kappa shape index (κ3) is 3.33. The molecule has 6 unspecified atom stereocenters. The monoisotopic (exact) mass is 384 g/mol. The molecule has 6 atom stereocenters. The summed E-state index contributed by atoms with van der Waals surface area (Å²) in [6.07, 6.45) is 15.3. The van der Waals surface area contributed by atoms with Gasteiger partial charge in [0.05, 0.1) is 0 Å². The van der Waals surface area contributed by atoms with Gasteiger partial charge in [0, 0.05) is 12.8 Å². The summed E-state index contributed by atoms with van der Waals surface area (Å²) in [7, 11) is 0. The Morgan fingerprint density at radius 1 is 0.964 bits per heavy atom. The van der Waals surface area contributed by atoms with E-state index in [0.717, 1.165) is 42.9 Å². The Morgan fingerprint density at radius 2 is 1.75 bits per heavy atom. The number of hydrogen-bond acceptors (Lipinski definition) is 1. The lowest BCUT2D eigenvalue weighted by Crippen LogP contribution is -2.47. The molecule has 0 aromatic carbocycles. The molecule has 0 aromatic rings. The van der Waals surface area contributed by atoms with Crippen LogP contribution in [0.25, 0.3) is 0 Å². The van der Waals surface area contributed by atoms with E-state index in [1.807, 2.05) is 11.1 Å². The molecular weight excluding hydrogens is 340 g/mol. The summed E-state index contributed by atoms with van der Waals surface area (Å²) in [4.78, 5) is 12.1. The molecule has 0 aliphatic heterocycles. The van der Waals surface area contributed by atoms with Gasteiger partial charge in [-0.25, -0.2) is 0 Å². The number of fused-ring (bicyclic) bond motifs is 4. The van der Waals surface area contributed by atoms with Crippen molar-refractivity contribution in [1.82, 2.24) is 0 Å². The Kier molecular flexibility index (Phi) is 5.60. The molecule has 4 rings (SSSR count). The number of Topliss-reactive ketones (excluding diaryl/α,β-unsaturated/α-hetero) is 1. The first-order valence-corrected chi connectivity index (χ1v) is 12.5. The molecule has 4 aliphatic carbocycles. The molecule has 1 nitrogen and oxygen atoms in total. The molecule has 0 N–H and O–H groups in total. The smallest absolute Gasteiger partial charge is 0.133 e. The van der Waals surface area contributed by atoms with Gasteiger partial charge in [-0.15, -0.1) is 0 Å². The molecule has 1 heteroatoms. The second kappa shape index (κ2) is 7.59. The highest BCUT2D eigenvalue weighted by atomic mass is 16.1. The van der Waals surface area contributed by atoms with Gasteiger partial charge in [-0.2, -0.15) is 0 Å². The average Bonchev–Trinajstić information content (AvgIpc) is 2.99. The first kappa shape index (κ1) is 20.7. The van der Waals surface area contributed by atoms with Crippen LogP contribution in [0, 0.1) is 40.4 Å². The molecule has 0 saturated heterocycles. The third-order valence-corrected chi connectivity index (χ3v) is 10.0. The maximum Gasteiger partial charge on any atom is 0.133 e. The molecule has 0 spiro atoms. The van der Waals surface area contributed by atoms with Crippen molar-refractivity contribution in [2.24, 2.45) is 40.4 Å². The van der Waals surface area contributed by atoms with Crippen LogP contribution in [-0.2, 0) is 4.79 Å². The zero-order valence-electron chi connectivity index (χ0n) is 19.3. The van der Waals surface area contributed by atoms with E-state index >= 15 is 0 Å². The second-order valence-electron chi connectivity index (χ2n) is 11.9. The van der Waals surface area contributed by atoms with Crippen molar-refractivity contribution in [2.45, 2.75) is 112 Å². The van der Waals surface area contributed by atoms with Gasteiger partial charge in [0.25, 0.3) is 0 Å². The fourth-order valence-corrected chi connectivity index (χ4v) is 8.28. The highest BCUT2D eigenvalue weighted by molar-refractivity contribution is 5.79. The lowest BCUT2D eigenvalue weighted by atomic mass is 9.49. The zero-order chi connectivity index (χ0) is 20.1. The quantitative estimate of drug-likeness (QED) is 0.443. The summed E-state index contributed by atoms with van der Waals surface area (Å²) in [5, 5.41) is 0. The first-order valence-electron chi connectivity index (χ1n) is 12.5. The van der Waals surface area contributed by atoms with E-state index in [2.05, 4.69) is 34.6 Å². The van der Waals surface area contributed by atoms with Gasteiger partial charge in [0.2, 0.25) is 0 Å². The minimum absolute atomic E-state index is 0.413. The third-order valence-electron chi connectivity index (χ3n) is 10.0. The molecule has 28 heavy (non-hydrogen) atoms. The maximum absolute atomic E-state index is 12.1. The van der Waals surface area contributed by atoms with E-state index < -0.39 is 0 Å². The molecular formula is C27H44O. The maximum atomic E-state index is 12.1. The number of hydrogen-bond donors (Lipinski definition) is 0. The summed E-state index contributed by atoms with van der Waals surface area (Å²) in [6, 6.07) is 0. The van der Waals surface area contributed by atoms with E-state index in [9.17, 15) is 4.79 Å². The molecule has 3 fully saturated rings. The second-order valence-corrected chi connectivity index (χ2v) is 11.9. The van der Waals surface area contributed by atoms with Crippen molar-refractivity contribution >= 4 is 5.78 Å². The summed E-state index contributed by atoms with van der Waals surface area (Å²) < 4.78 is 0. The zero-order valence-corrected chi connectivity index (χ0v) is 19.3. The van der Waals surface area contributed by atoms with E-state index in [-0.39, 0.29) is 0 Å². The summed E-state index contributed by atoms with van der Waals surface area (Å²) in [5.74, 6) is 4.62. The van der Waals surface area contributed by atoms with Crippen molar-refractivity contribution in [3.8, 4) is 0 Å². The van der Waals surface area contributed by atoms with Crippen molar-refractivity contribution < 1.29 is 4.79 Å². The predicted molar refractivity (Wildman–Crippen MR) is 118 cm³/mol. The summed E-state index contributed by atoms with van der Waals surface area (Å²) in [5.41, 5.74) is 4.69. The summed E-state index contributed by atoms with van der Waals surface area (Å²) >= 11 is 0. The minimum atomic E-state index is 0.413. The van der Waals surface area contributed by atoms with Crippen molar-refractivity contribution in [3.05, 3.63) is 11.1 Å². The van der Waals surface area contributed by atoms with E-state index in [1.54, 1.807) is 0 Å². The predicted octanol–water partition coefficient (Wildman–Crippen LogP) is 7.74. The van der Waals surface area contributed by atoms with Crippen LogP contribution in [0.1, 0.15) is 112 Å². The highest BCUT2D eigenvalue weighted by Gasteiger charge is 2.55. The molecule has 158 valence electrons. The van der Waals surface area contributed by atoms with Crippen LogP contribution in [0.15, 0.2) is 11.1 Å². The number of carbonyl (C=O) groups excluding carboxylic acids is 1. The van der Waals surface area contributed by atoms with Crippen LogP contribution < -0.4 is 0 Å². The van der Waals surface area contributed by atoms with Crippen LogP contribution in [0.5, 0.6) is 0 Å². The standard InChI is InChI=1S/C27H44O/c1-18(2)7-6-8-19(3)23-11-12-24-22-10-9-20-17-21(28)13-15-26(20,4)25(22)14-16-27(23,24)5/h18-20,23,25H,6-17H2,1-5H3. The molecule has 0 heterocycles. The van der Waals surface area contributed by atoms with Crippen LogP contribution in [0.3, 0.4) is 0 Å². The fraction of sp³-hybridized carbons (Fsp3) is 0.889. The molecule has 4 aliphatic rings. The molecule has 0 amide bonds. The molecule has 3 saturated carbocycles. The van der Waals surface area contributed by atoms with Gasteiger partial charge in [0.15, 0.2) is 0 Å². The van der Waals surface area contributed by atoms with Gasteiger partial charge < -0.3 is 0 Å². The Morgan fingerprint density at radius 3 is 2.50 bits per heavy atom. The minimum Gasteiger partial charge on any atom is -0.300 e. The number of allylic oxidation sites excluding steroid dienone is 2. The normalized spacial score (nSPS) is 41.6. The number of rotatable bonds is 5. The van der Waals surface area contributed by atoms with E-state index in [0.29, 0.717) is 22.5 Å². The Labute approximate surface area is 174 Å². The number of ketones is 1. The largest absolute Gasteiger partial charge is 0.300 e. The molecule has 0 bridgehead atoms. The lowest BCUT2D eigenvalue weighted by Gasteiger charge is -2.56. The van der Waals surface area contributed by atoms with E-state index in [4.69, 9.17) is 0 Å². The average molecular weight is 385 g/mol. The van der Waals surface area contributed by atoms with Gasteiger partial charge in [-0.3, -0.25) is 4.79 Å². The molecule has 0 radical (unpaired) electrons. The molecule has 0 aromatic heterocycles. The SMILES string of the molecule is CC(C)CCCC(C)C1CCC2=C3CCC4CC(=O)CCC4(C)C3CCC21C. The van der Waals surface area contributed by atoms with Crippen molar-refractivity contribution in [2.75, 3.05) is 0 Å². The van der Waals surface area contributed by atoms with Gasteiger partial charge in [-0.1, -0.05) is 65.0 Å². The highest BCUT2D eigenvalue weighted by Crippen LogP contribution is 2.65. The fourth-order valence-electron chi connectivity index (χ4n) is 8.28. The lowest BCUT2D eigenvalue weighted by molar-refractivity contribution is -0.127. The van der Waals surface area contributed by atoms with Crippen LogP contribution in [0.4, 0.5) is 0 Å². The van der Waals surface area contributed by atoms with Gasteiger partial charge >= 0.3 is 0 Å². The van der Waals surface area contributed by atoms with Gasteiger partial charge in [-0.05, 0) is 85.4 Å². The topological polar surface area (TPSA) is 17.1 Å². The number of carbonyl (C=O) groups is 1. The van der Waals surface area contributed by atoms with Crippen molar-refractivity contribution in [1.29, 1.82) is 0 Å². The van der Waals surface area contributed by atoms with Gasteiger partial charge in [0.1, 0.15) is 5.78 Å². The van der Waals surface area contributed by atoms with Crippen LogP contribution in [-0.4, -0.2) is 5.78 Å². The Hall–Kier alpha value is -0.590. The summed E-state index contributed by atoms with van der Waals surface area (Å²) in [6.45, 7) is 12.5. The van der Waals surface area contributed by atoms with Crippen LogP contribution >= 0.6 is 0 Å². The Balaban J connectivity index is 1.54. The first-order chi connectivity index (χ1) is 13.3.